The van der Waals surface area contributed by atoms with Crippen LogP contribution in [0.1, 0.15) is 0 Å². The van der Waals surface area contributed by atoms with Crippen molar-refractivity contribution in [1.29, 1.82) is 0 Å². The van der Waals surface area contributed by atoms with E-state index in [-0.39, 0.29) is 24.1 Å². The van der Waals surface area contributed by atoms with Crippen LogP contribution in [-0.2, 0) is 19.1 Å². The first-order chi connectivity index (χ1) is 18.1. The molecule has 0 heterocycles. The van der Waals surface area contributed by atoms with Crippen LogP contribution >= 0.6 is 58.8 Å². The predicted octanol–water partition coefficient (Wildman–Crippen LogP) is 6.97. The summed E-state index contributed by atoms with van der Waals surface area (Å²) in [4.78, 5) is 25.7. The van der Waals surface area contributed by atoms with Gasteiger partial charge in [0.25, 0.3) is 0 Å². The van der Waals surface area contributed by atoms with Gasteiger partial charge in [-0.1, -0.05) is 49.6 Å². The highest BCUT2D eigenvalue weighted by Gasteiger charge is 2.15. The van der Waals surface area contributed by atoms with E-state index in [1.165, 1.54) is 21.9 Å². The zero-order valence-electron chi connectivity index (χ0n) is 20.8. The van der Waals surface area contributed by atoms with Gasteiger partial charge in [-0.2, -0.15) is 35.3 Å². The molecule has 37 heavy (non-hydrogen) atoms. The Morgan fingerprint density at radius 1 is 0.622 bits per heavy atom. The Balaban J connectivity index is 1.59. The summed E-state index contributed by atoms with van der Waals surface area (Å²) in [5.74, 6) is 6.32. The quantitative estimate of drug-likeness (QED) is 0.0700. The fraction of sp³-hybridized carbons (Fsp3) is 0.357. The van der Waals surface area contributed by atoms with Crippen molar-refractivity contribution in [3.63, 3.8) is 0 Å². The lowest BCUT2D eigenvalue weighted by atomic mass is 10.4. The van der Waals surface area contributed by atoms with Crippen molar-refractivity contribution in [1.82, 2.24) is 0 Å². The topological polar surface area (TPSA) is 52.6 Å². The van der Waals surface area contributed by atoms with Gasteiger partial charge in [-0.3, -0.25) is 0 Å². The third-order valence-electron chi connectivity index (χ3n) is 4.61. The number of thioether (sulfide) groups is 5. The fourth-order valence-electron chi connectivity index (χ4n) is 2.84. The van der Waals surface area contributed by atoms with Crippen molar-refractivity contribution >= 4 is 70.7 Å². The van der Waals surface area contributed by atoms with E-state index in [1.807, 2.05) is 71.7 Å². The van der Waals surface area contributed by atoms with Gasteiger partial charge in [0.05, 0.1) is 0 Å². The SMILES string of the molecule is C=CC(=O)OC(CSCCSCCSCC(CSc1ccccc1)OC(=O)C=C)CSc1ccccc1. The molecule has 0 N–H and O–H groups in total. The van der Waals surface area contributed by atoms with Crippen LogP contribution in [0.3, 0.4) is 0 Å². The maximum Gasteiger partial charge on any atom is 0.330 e. The molecule has 0 bridgehead atoms. The second-order valence-corrected chi connectivity index (χ2v) is 13.2. The molecule has 0 aromatic heterocycles. The average molecular weight is 595 g/mol. The molecule has 200 valence electrons. The van der Waals surface area contributed by atoms with E-state index >= 15 is 0 Å². The minimum atomic E-state index is -0.370. The Kier molecular flexibility index (Phi) is 17.7. The highest BCUT2D eigenvalue weighted by atomic mass is 32.2. The summed E-state index contributed by atoms with van der Waals surface area (Å²) in [6, 6.07) is 20.3. The van der Waals surface area contributed by atoms with Gasteiger partial charge in [0.15, 0.2) is 0 Å². The van der Waals surface area contributed by atoms with Crippen molar-refractivity contribution in [2.45, 2.75) is 22.0 Å². The number of hydrogen-bond donors (Lipinski definition) is 0. The summed E-state index contributed by atoms with van der Waals surface area (Å²) in [5.41, 5.74) is 0. The van der Waals surface area contributed by atoms with Crippen LogP contribution in [-0.4, -0.2) is 70.2 Å². The van der Waals surface area contributed by atoms with E-state index in [4.69, 9.17) is 9.47 Å². The van der Waals surface area contributed by atoms with Gasteiger partial charge in [-0.25, -0.2) is 9.59 Å². The number of esters is 2. The molecule has 9 heteroatoms. The normalized spacial score (nSPS) is 12.3. The molecular weight excluding hydrogens is 561 g/mol. The molecule has 0 aliphatic heterocycles. The molecule has 0 aliphatic carbocycles. The summed E-state index contributed by atoms with van der Waals surface area (Å²) in [5, 5.41) is 0. The lowest BCUT2D eigenvalue weighted by Gasteiger charge is -2.17. The molecule has 0 saturated carbocycles. The Bertz CT molecular complexity index is 851. The van der Waals surface area contributed by atoms with Gasteiger partial charge in [0, 0.05) is 68.0 Å². The number of ether oxygens (including phenoxy) is 2. The molecule has 2 aromatic rings. The van der Waals surface area contributed by atoms with E-state index in [1.54, 1.807) is 23.5 Å². The molecule has 0 aliphatic rings. The fourth-order valence-corrected chi connectivity index (χ4v) is 8.28. The van der Waals surface area contributed by atoms with Gasteiger partial charge in [0.1, 0.15) is 12.2 Å². The van der Waals surface area contributed by atoms with Crippen molar-refractivity contribution in [3.05, 3.63) is 86.0 Å². The number of hydrogen-bond acceptors (Lipinski definition) is 9. The summed E-state index contributed by atoms with van der Waals surface area (Å²) >= 11 is 8.93. The Morgan fingerprint density at radius 2 is 1.00 bits per heavy atom. The molecule has 0 saturated heterocycles. The molecule has 4 nitrogen and oxygen atoms in total. The molecule has 0 fully saturated rings. The van der Waals surface area contributed by atoms with Crippen LogP contribution in [0.25, 0.3) is 0 Å². The molecule has 2 unspecified atom stereocenters. The zero-order valence-corrected chi connectivity index (χ0v) is 24.9. The van der Waals surface area contributed by atoms with Crippen LogP contribution in [0.15, 0.2) is 95.8 Å². The van der Waals surface area contributed by atoms with Crippen LogP contribution in [0.5, 0.6) is 0 Å². The summed E-state index contributed by atoms with van der Waals surface area (Å²) < 4.78 is 11.1. The van der Waals surface area contributed by atoms with E-state index in [2.05, 4.69) is 37.4 Å². The first-order valence-corrected chi connectivity index (χ1v) is 17.3. The Morgan fingerprint density at radius 3 is 1.38 bits per heavy atom. The lowest BCUT2D eigenvalue weighted by molar-refractivity contribution is -0.141. The molecule has 0 amide bonds. The first-order valence-electron chi connectivity index (χ1n) is 11.9. The molecule has 0 radical (unpaired) electrons. The minimum Gasteiger partial charge on any atom is -0.457 e. The van der Waals surface area contributed by atoms with Crippen molar-refractivity contribution in [2.24, 2.45) is 0 Å². The first kappa shape index (κ1) is 31.8. The predicted molar refractivity (Wildman–Crippen MR) is 166 cm³/mol. The molecular formula is C28H34O4S5. The number of carbonyl (C=O) groups excluding carboxylic acids is 2. The largest absolute Gasteiger partial charge is 0.457 e. The van der Waals surface area contributed by atoms with Crippen molar-refractivity contribution in [2.75, 3.05) is 46.0 Å². The standard InChI is InChI=1S/C28H34O4S5/c1-3-27(29)31-23(21-36-25-11-7-5-8-12-25)19-34-17-15-33-16-18-35-20-24(32-28(30)4-2)22-37-26-13-9-6-10-14-26/h3-14,23-24H,1-2,15-22H2. The smallest absolute Gasteiger partial charge is 0.330 e. The average Bonchev–Trinajstić information content (AvgIpc) is 2.94. The van der Waals surface area contributed by atoms with Gasteiger partial charge >= 0.3 is 11.9 Å². The second kappa shape index (κ2) is 20.6. The summed E-state index contributed by atoms with van der Waals surface area (Å²) in [6.07, 6.45) is 2.15. The van der Waals surface area contributed by atoms with Crippen molar-refractivity contribution < 1.29 is 19.1 Å². The monoisotopic (exact) mass is 594 g/mol. The maximum absolute atomic E-state index is 11.7. The van der Waals surface area contributed by atoms with E-state index < -0.39 is 0 Å². The maximum atomic E-state index is 11.7. The molecule has 0 spiro atoms. The van der Waals surface area contributed by atoms with E-state index in [0.717, 1.165) is 46.0 Å². The van der Waals surface area contributed by atoms with E-state index in [9.17, 15) is 9.59 Å². The van der Waals surface area contributed by atoms with Gasteiger partial charge in [-0.15, -0.1) is 23.5 Å². The third-order valence-corrected chi connectivity index (χ3v) is 10.6. The van der Waals surface area contributed by atoms with E-state index in [0.29, 0.717) is 0 Å². The Hall–Kier alpha value is -1.39. The molecule has 2 atom stereocenters. The number of rotatable bonds is 20. The number of carbonyl (C=O) groups is 2. The highest BCUT2D eigenvalue weighted by Crippen LogP contribution is 2.23. The van der Waals surface area contributed by atoms with Crippen LogP contribution in [0, 0.1) is 0 Å². The highest BCUT2D eigenvalue weighted by molar-refractivity contribution is 8.04. The van der Waals surface area contributed by atoms with Gasteiger partial charge < -0.3 is 9.47 Å². The lowest BCUT2D eigenvalue weighted by Crippen LogP contribution is -2.22. The molecule has 2 rings (SSSR count). The molecule has 2 aromatic carbocycles. The van der Waals surface area contributed by atoms with Crippen LogP contribution < -0.4 is 0 Å². The van der Waals surface area contributed by atoms with Crippen LogP contribution in [0.4, 0.5) is 0 Å². The second-order valence-electron chi connectivity index (χ2n) is 7.54. The number of benzene rings is 2. The third kappa shape index (κ3) is 15.6. The van der Waals surface area contributed by atoms with Crippen LogP contribution in [0.2, 0.25) is 0 Å². The van der Waals surface area contributed by atoms with Crippen molar-refractivity contribution in [3.8, 4) is 0 Å². The Labute approximate surface area is 242 Å². The summed E-state index contributed by atoms with van der Waals surface area (Å²) in [6.45, 7) is 7.01. The van der Waals surface area contributed by atoms with Gasteiger partial charge in [0.2, 0.25) is 0 Å². The van der Waals surface area contributed by atoms with Gasteiger partial charge in [-0.05, 0) is 24.3 Å². The minimum absolute atomic E-state index is 0.148. The summed E-state index contributed by atoms with van der Waals surface area (Å²) in [7, 11) is 0. The zero-order chi connectivity index (χ0) is 26.6.